The first kappa shape index (κ1) is 22.8. The summed E-state index contributed by atoms with van der Waals surface area (Å²) in [5.41, 5.74) is 5.13. The maximum atomic E-state index is 13.5. The van der Waals surface area contributed by atoms with E-state index in [0.717, 1.165) is 22.5 Å². The highest BCUT2D eigenvalue weighted by molar-refractivity contribution is 6.12. The van der Waals surface area contributed by atoms with Crippen molar-refractivity contribution >= 4 is 28.9 Å². The van der Waals surface area contributed by atoms with Crippen LogP contribution in [0, 0.1) is 0 Å². The maximum Gasteiger partial charge on any atom is 0.262 e. The summed E-state index contributed by atoms with van der Waals surface area (Å²) in [7, 11) is 0. The first-order valence-corrected chi connectivity index (χ1v) is 11.7. The number of para-hydroxylation sites is 2. The molecule has 0 saturated carbocycles. The van der Waals surface area contributed by atoms with Gasteiger partial charge in [0.2, 0.25) is 0 Å². The largest absolute Gasteiger partial charge is 0.322 e. The Labute approximate surface area is 210 Å². The van der Waals surface area contributed by atoms with Crippen LogP contribution in [-0.4, -0.2) is 11.8 Å². The number of rotatable bonds is 6. The van der Waals surface area contributed by atoms with Gasteiger partial charge in [-0.15, -0.1) is 0 Å². The van der Waals surface area contributed by atoms with E-state index in [4.69, 9.17) is 0 Å². The van der Waals surface area contributed by atoms with Crippen molar-refractivity contribution in [3.63, 3.8) is 0 Å². The highest BCUT2D eigenvalue weighted by Crippen LogP contribution is 2.28. The number of hydrogen-bond donors (Lipinski definition) is 1. The van der Waals surface area contributed by atoms with Crippen molar-refractivity contribution in [1.82, 2.24) is 0 Å². The molecule has 0 aliphatic heterocycles. The van der Waals surface area contributed by atoms with Crippen LogP contribution in [0.3, 0.4) is 0 Å². The second-order valence-electron chi connectivity index (χ2n) is 8.25. The van der Waals surface area contributed by atoms with Gasteiger partial charge in [0.25, 0.3) is 11.8 Å². The van der Waals surface area contributed by atoms with E-state index < -0.39 is 0 Å². The fourth-order valence-electron chi connectivity index (χ4n) is 4.11. The van der Waals surface area contributed by atoms with Crippen molar-refractivity contribution < 1.29 is 9.59 Å². The molecule has 5 aromatic carbocycles. The van der Waals surface area contributed by atoms with Crippen LogP contribution in [0.15, 0.2) is 140 Å². The smallest absolute Gasteiger partial charge is 0.262 e. The van der Waals surface area contributed by atoms with Crippen molar-refractivity contribution in [1.29, 1.82) is 0 Å². The minimum Gasteiger partial charge on any atom is -0.322 e. The Morgan fingerprint density at radius 2 is 1.03 bits per heavy atom. The Bertz CT molecular complexity index is 1430. The van der Waals surface area contributed by atoms with E-state index >= 15 is 0 Å². The molecule has 0 aliphatic carbocycles. The van der Waals surface area contributed by atoms with Crippen LogP contribution in [0.2, 0.25) is 0 Å². The number of carbonyl (C=O) groups is 2. The molecule has 2 amide bonds. The molecule has 0 aliphatic rings. The standard InChI is InChI=1S/C32H24N2O2/c35-31(30-19-11-10-18-29(30)24-12-4-1-5-13-24)33-26-22-20-25(21-23-26)32(36)34(27-14-6-2-7-15-27)28-16-8-3-9-17-28/h1-23H,(H,33,35). The third-order valence-electron chi connectivity index (χ3n) is 5.88. The van der Waals surface area contributed by atoms with Crippen LogP contribution in [0.25, 0.3) is 11.1 Å². The molecule has 0 spiro atoms. The molecule has 0 unspecified atom stereocenters. The lowest BCUT2D eigenvalue weighted by Crippen LogP contribution is -2.25. The van der Waals surface area contributed by atoms with Crippen molar-refractivity contribution in [3.8, 4) is 11.1 Å². The molecule has 5 aromatic rings. The fraction of sp³-hybridized carbons (Fsp3) is 0. The molecule has 0 radical (unpaired) electrons. The lowest BCUT2D eigenvalue weighted by atomic mass is 9.99. The Hall–Kier alpha value is -4.96. The van der Waals surface area contributed by atoms with Crippen LogP contribution < -0.4 is 10.2 Å². The average molecular weight is 469 g/mol. The molecule has 4 heteroatoms. The second-order valence-corrected chi connectivity index (χ2v) is 8.25. The minimum absolute atomic E-state index is 0.153. The number of anilines is 3. The molecule has 36 heavy (non-hydrogen) atoms. The fourth-order valence-corrected chi connectivity index (χ4v) is 4.11. The zero-order valence-corrected chi connectivity index (χ0v) is 19.5. The van der Waals surface area contributed by atoms with Gasteiger partial charge < -0.3 is 5.32 Å². The maximum absolute atomic E-state index is 13.5. The Balaban J connectivity index is 1.38. The third-order valence-corrected chi connectivity index (χ3v) is 5.88. The van der Waals surface area contributed by atoms with Gasteiger partial charge in [-0.05, 0) is 65.7 Å². The van der Waals surface area contributed by atoms with Gasteiger partial charge >= 0.3 is 0 Å². The molecule has 5 rings (SSSR count). The summed E-state index contributed by atoms with van der Waals surface area (Å²) >= 11 is 0. The molecule has 0 saturated heterocycles. The molecule has 0 heterocycles. The van der Waals surface area contributed by atoms with E-state index in [0.29, 0.717) is 16.8 Å². The molecule has 0 aromatic heterocycles. The lowest BCUT2D eigenvalue weighted by molar-refractivity contribution is 0.0997. The van der Waals surface area contributed by atoms with Gasteiger partial charge in [0.1, 0.15) is 0 Å². The monoisotopic (exact) mass is 468 g/mol. The van der Waals surface area contributed by atoms with E-state index in [1.54, 1.807) is 29.2 Å². The Morgan fingerprint density at radius 1 is 0.528 bits per heavy atom. The zero-order chi connectivity index (χ0) is 24.7. The zero-order valence-electron chi connectivity index (χ0n) is 19.5. The Kier molecular flexibility index (Phi) is 6.68. The molecule has 0 atom stereocenters. The van der Waals surface area contributed by atoms with Crippen LogP contribution in [0.4, 0.5) is 17.1 Å². The summed E-state index contributed by atoms with van der Waals surface area (Å²) in [4.78, 5) is 28.3. The number of carbonyl (C=O) groups excluding carboxylic acids is 2. The van der Waals surface area contributed by atoms with Crippen molar-refractivity contribution in [2.75, 3.05) is 10.2 Å². The number of nitrogens with one attached hydrogen (secondary N) is 1. The van der Waals surface area contributed by atoms with Gasteiger partial charge in [0.15, 0.2) is 0 Å². The highest BCUT2D eigenvalue weighted by Gasteiger charge is 2.20. The van der Waals surface area contributed by atoms with Gasteiger partial charge in [-0.25, -0.2) is 0 Å². The minimum atomic E-state index is -0.205. The third kappa shape index (κ3) is 4.93. The van der Waals surface area contributed by atoms with E-state index in [1.807, 2.05) is 115 Å². The van der Waals surface area contributed by atoms with Gasteiger partial charge in [-0.2, -0.15) is 0 Å². The summed E-state index contributed by atoms with van der Waals surface area (Å²) in [5.74, 6) is -0.358. The molecule has 1 N–H and O–H groups in total. The summed E-state index contributed by atoms with van der Waals surface area (Å²) in [5, 5.41) is 2.96. The van der Waals surface area contributed by atoms with Gasteiger partial charge in [0, 0.05) is 28.2 Å². The predicted octanol–water partition coefficient (Wildman–Crippen LogP) is 7.58. The lowest BCUT2D eigenvalue weighted by Gasteiger charge is -2.23. The summed E-state index contributed by atoms with van der Waals surface area (Å²) < 4.78 is 0. The SMILES string of the molecule is O=C(Nc1ccc(C(=O)N(c2ccccc2)c2ccccc2)cc1)c1ccccc1-c1ccccc1. The van der Waals surface area contributed by atoms with Crippen molar-refractivity contribution in [3.05, 3.63) is 151 Å². The number of hydrogen-bond acceptors (Lipinski definition) is 2. The normalized spacial score (nSPS) is 10.4. The molecule has 0 fully saturated rings. The Morgan fingerprint density at radius 3 is 1.61 bits per heavy atom. The van der Waals surface area contributed by atoms with Crippen molar-refractivity contribution in [2.24, 2.45) is 0 Å². The van der Waals surface area contributed by atoms with Crippen LogP contribution in [-0.2, 0) is 0 Å². The molecular weight excluding hydrogens is 444 g/mol. The molecule has 4 nitrogen and oxygen atoms in total. The first-order chi connectivity index (χ1) is 17.7. The van der Waals surface area contributed by atoms with E-state index in [-0.39, 0.29) is 11.8 Å². The summed E-state index contributed by atoms with van der Waals surface area (Å²) in [6.07, 6.45) is 0. The number of benzene rings is 5. The predicted molar refractivity (Wildman–Crippen MR) is 146 cm³/mol. The van der Waals surface area contributed by atoms with E-state index in [1.165, 1.54) is 0 Å². The number of nitrogens with zero attached hydrogens (tertiary/aromatic N) is 1. The van der Waals surface area contributed by atoms with Gasteiger partial charge in [-0.3, -0.25) is 14.5 Å². The quantitative estimate of drug-likeness (QED) is 0.279. The molecule has 0 bridgehead atoms. The highest BCUT2D eigenvalue weighted by atomic mass is 16.2. The summed E-state index contributed by atoms with van der Waals surface area (Å²) in [6.45, 7) is 0. The second kappa shape index (κ2) is 10.5. The van der Waals surface area contributed by atoms with E-state index in [2.05, 4.69) is 5.32 Å². The summed E-state index contributed by atoms with van der Waals surface area (Å²) in [6, 6.07) is 43.4. The van der Waals surface area contributed by atoms with Crippen LogP contribution >= 0.6 is 0 Å². The van der Waals surface area contributed by atoms with Crippen LogP contribution in [0.1, 0.15) is 20.7 Å². The van der Waals surface area contributed by atoms with Gasteiger partial charge in [0.05, 0.1) is 0 Å². The molecular formula is C32H24N2O2. The van der Waals surface area contributed by atoms with Crippen molar-refractivity contribution in [2.45, 2.75) is 0 Å². The van der Waals surface area contributed by atoms with Crippen LogP contribution in [0.5, 0.6) is 0 Å². The molecule has 174 valence electrons. The average Bonchev–Trinajstić information content (AvgIpc) is 2.95. The topological polar surface area (TPSA) is 49.4 Å². The first-order valence-electron chi connectivity index (χ1n) is 11.7. The number of amides is 2. The van der Waals surface area contributed by atoms with Gasteiger partial charge in [-0.1, -0.05) is 84.9 Å². The van der Waals surface area contributed by atoms with E-state index in [9.17, 15) is 9.59 Å².